The topological polar surface area (TPSA) is 160 Å². The van der Waals surface area contributed by atoms with Gasteiger partial charge in [0.2, 0.25) is 0 Å². The number of halogens is 3. The lowest BCUT2D eigenvalue weighted by Crippen LogP contribution is -2.51. The number of para-hydroxylation sites is 3. The zero-order chi connectivity index (χ0) is 47.5. The summed E-state index contributed by atoms with van der Waals surface area (Å²) < 4.78 is 44.2. The summed E-state index contributed by atoms with van der Waals surface area (Å²) in [6.45, 7) is 12.3. The molecule has 17 heteroatoms. The maximum absolute atomic E-state index is 13.7. The third kappa shape index (κ3) is 11.4. The van der Waals surface area contributed by atoms with Crippen molar-refractivity contribution in [1.29, 1.82) is 0 Å². The monoisotopic (exact) mass is 915 g/mol. The molecule has 9 rings (SSSR count). The number of carbonyl (C=O) groups is 2. The number of nitrogens with one attached hydrogen (secondary N) is 2. The number of benzene rings is 2. The molecular formula is C50H56F3N11O3. The van der Waals surface area contributed by atoms with Gasteiger partial charge in [0.1, 0.15) is 17.0 Å². The fraction of sp³-hybridized carbons (Fsp3) is 0.360. The molecule has 2 aliphatic rings. The molecule has 2 amide bonds. The molecule has 350 valence electrons. The molecule has 7 aromatic rings. The summed E-state index contributed by atoms with van der Waals surface area (Å²) in [4.78, 5) is 50.0. The largest absolute Gasteiger partial charge is 0.424 e. The Morgan fingerprint density at radius 3 is 2.04 bits per heavy atom. The standard InChI is InChI=1S/C25H26F3N5O.C23H24N6O2.C2H6/c1-16-6-5-13-33(21(16)15-31-22-11-9-18(14-30-22)25(26,27)28)24(34)23-19(10-8-17(2)32-23)20-7-3-4-12-29-20;1-16-7-6-14-28(20(16)15-24-23-27-18-9-3-5-11-21(18)31-23)22(30)17-8-2-4-10-19(17)29-25-12-13-26-29;1-2/h3-4,7-12,14,16,21H,5-6,13,15H2,1-2H3,(H,30,31);2-5,8-13,16,20H,6-7,14-15H2,1H3,(H,24,27);1-2H3/t16-,21-;16-,20-;/m11./s1. The summed E-state index contributed by atoms with van der Waals surface area (Å²) in [6, 6.07) is 27.0. The van der Waals surface area contributed by atoms with Crippen molar-refractivity contribution in [2.24, 2.45) is 11.8 Å². The molecule has 2 aromatic carbocycles. The molecule has 0 saturated carbocycles. The van der Waals surface area contributed by atoms with Crippen molar-refractivity contribution in [2.45, 2.75) is 78.6 Å². The zero-order valence-corrected chi connectivity index (χ0v) is 38.3. The predicted molar refractivity (Wildman–Crippen MR) is 252 cm³/mol. The van der Waals surface area contributed by atoms with E-state index in [1.165, 1.54) is 10.9 Å². The van der Waals surface area contributed by atoms with Crippen LogP contribution in [0.3, 0.4) is 0 Å². The van der Waals surface area contributed by atoms with Crippen LogP contribution in [0.25, 0.3) is 28.0 Å². The van der Waals surface area contributed by atoms with Crippen LogP contribution in [0.5, 0.6) is 0 Å². The van der Waals surface area contributed by atoms with Crippen LogP contribution in [0.2, 0.25) is 0 Å². The SMILES string of the molecule is CC.C[C@@H]1CCCN(C(=O)c2ccccc2-n2nccn2)[C@@H]1CNc1nc2ccccc2o1.Cc1ccc(-c2ccccn2)c(C(=O)N2CCC[C@@H](C)[C@H]2CNc2ccc(C(F)(F)F)cn2)n1. The number of alkyl halides is 3. The Morgan fingerprint density at radius 1 is 0.731 bits per heavy atom. The molecule has 0 bridgehead atoms. The first-order valence-electron chi connectivity index (χ1n) is 22.8. The third-order valence-electron chi connectivity index (χ3n) is 12.0. The van der Waals surface area contributed by atoms with Gasteiger partial charge in [-0.1, -0.05) is 58.0 Å². The molecule has 0 unspecified atom stereocenters. The smallest absolute Gasteiger partial charge is 0.417 e. The molecule has 0 aliphatic carbocycles. The van der Waals surface area contributed by atoms with Crippen molar-refractivity contribution in [3.63, 3.8) is 0 Å². The molecular weight excluding hydrogens is 860 g/mol. The number of nitrogens with zero attached hydrogens (tertiary/aromatic N) is 9. The molecule has 14 nitrogen and oxygen atoms in total. The molecule has 67 heavy (non-hydrogen) atoms. The van der Waals surface area contributed by atoms with Crippen LogP contribution in [0.15, 0.2) is 120 Å². The van der Waals surface area contributed by atoms with E-state index in [-0.39, 0.29) is 29.8 Å². The van der Waals surface area contributed by atoms with Gasteiger partial charge in [-0.15, -0.1) is 0 Å². The van der Waals surface area contributed by atoms with Crippen LogP contribution in [0, 0.1) is 18.8 Å². The van der Waals surface area contributed by atoms with Crippen molar-refractivity contribution in [2.75, 3.05) is 36.8 Å². The van der Waals surface area contributed by atoms with Crippen LogP contribution in [-0.2, 0) is 6.18 Å². The molecule has 2 aliphatic heterocycles. The van der Waals surface area contributed by atoms with Crippen molar-refractivity contribution < 1.29 is 27.2 Å². The van der Waals surface area contributed by atoms with Gasteiger partial charge in [0, 0.05) is 49.8 Å². The number of pyridine rings is 3. The third-order valence-corrected chi connectivity index (χ3v) is 12.0. The fourth-order valence-electron chi connectivity index (χ4n) is 8.55. The molecule has 0 radical (unpaired) electrons. The average Bonchev–Trinajstić information content (AvgIpc) is 4.05. The molecule has 2 saturated heterocycles. The van der Waals surface area contributed by atoms with E-state index in [0.29, 0.717) is 72.1 Å². The Kier molecular flexibility index (Phi) is 15.6. The first-order valence-corrected chi connectivity index (χ1v) is 22.8. The molecule has 0 spiro atoms. The van der Waals surface area contributed by atoms with Gasteiger partial charge in [-0.3, -0.25) is 14.6 Å². The van der Waals surface area contributed by atoms with Crippen LogP contribution in [-0.4, -0.2) is 94.8 Å². The second-order valence-electron chi connectivity index (χ2n) is 16.4. The normalized spacial score (nSPS) is 18.3. The summed E-state index contributed by atoms with van der Waals surface area (Å²) in [5, 5.41) is 14.8. The van der Waals surface area contributed by atoms with Gasteiger partial charge >= 0.3 is 6.18 Å². The second-order valence-corrected chi connectivity index (χ2v) is 16.4. The number of rotatable bonds is 10. The number of aryl methyl sites for hydroxylation is 1. The van der Waals surface area contributed by atoms with Crippen molar-refractivity contribution >= 4 is 34.7 Å². The molecule has 5 aromatic heterocycles. The first-order chi connectivity index (χ1) is 32.4. The summed E-state index contributed by atoms with van der Waals surface area (Å²) in [7, 11) is 0. The molecule has 2 fully saturated rings. The number of fused-ring (bicyclic) bond motifs is 1. The highest BCUT2D eigenvalue weighted by atomic mass is 19.4. The van der Waals surface area contributed by atoms with E-state index in [4.69, 9.17) is 4.42 Å². The highest BCUT2D eigenvalue weighted by Crippen LogP contribution is 2.32. The van der Waals surface area contributed by atoms with Gasteiger partial charge in [0.15, 0.2) is 5.58 Å². The van der Waals surface area contributed by atoms with E-state index in [1.54, 1.807) is 18.6 Å². The summed E-state index contributed by atoms with van der Waals surface area (Å²) in [5.74, 6) is 0.695. The van der Waals surface area contributed by atoms with Crippen LogP contribution >= 0.6 is 0 Å². The van der Waals surface area contributed by atoms with E-state index < -0.39 is 11.7 Å². The van der Waals surface area contributed by atoms with Crippen molar-refractivity contribution in [1.82, 2.24) is 44.7 Å². The minimum atomic E-state index is -4.43. The number of oxazole rings is 1. The Hall–Kier alpha value is -7.17. The van der Waals surface area contributed by atoms with Gasteiger partial charge in [-0.05, 0) is 105 Å². The lowest BCUT2D eigenvalue weighted by molar-refractivity contribution is -0.137. The summed E-state index contributed by atoms with van der Waals surface area (Å²) in [6.07, 6.45) is 5.15. The zero-order valence-electron chi connectivity index (χ0n) is 38.3. The average molecular weight is 916 g/mol. The number of likely N-dealkylation sites (tertiary alicyclic amines) is 2. The number of carbonyl (C=O) groups excluding carboxylic acids is 2. The number of hydrogen-bond donors (Lipinski definition) is 2. The summed E-state index contributed by atoms with van der Waals surface area (Å²) >= 11 is 0. The number of amides is 2. The quantitative estimate of drug-likeness (QED) is 0.134. The first kappa shape index (κ1) is 47.8. The van der Waals surface area contributed by atoms with Gasteiger partial charge in [-0.2, -0.15) is 33.1 Å². The van der Waals surface area contributed by atoms with Crippen molar-refractivity contribution in [3.05, 3.63) is 138 Å². The number of anilines is 2. The Morgan fingerprint density at radius 2 is 1.39 bits per heavy atom. The van der Waals surface area contributed by atoms with E-state index in [9.17, 15) is 22.8 Å². The van der Waals surface area contributed by atoms with Crippen LogP contribution in [0.4, 0.5) is 25.0 Å². The molecule has 4 atom stereocenters. The predicted octanol–water partition coefficient (Wildman–Crippen LogP) is 10.0. The second kappa shape index (κ2) is 21.9. The Balaban J connectivity index is 0.000000192. The fourth-order valence-corrected chi connectivity index (χ4v) is 8.55. The van der Waals surface area contributed by atoms with Gasteiger partial charge in [0.05, 0.1) is 47.0 Å². The minimum Gasteiger partial charge on any atom is -0.424 e. The van der Waals surface area contributed by atoms with E-state index in [0.717, 1.165) is 54.7 Å². The maximum Gasteiger partial charge on any atom is 0.417 e. The number of piperidine rings is 2. The van der Waals surface area contributed by atoms with Crippen LogP contribution < -0.4 is 10.6 Å². The summed E-state index contributed by atoms with van der Waals surface area (Å²) in [5.41, 5.74) is 4.47. The van der Waals surface area contributed by atoms with Gasteiger partial charge in [-0.25, -0.2) is 9.97 Å². The Labute approximate surface area is 388 Å². The van der Waals surface area contributed by atoms with E-state index >= 15 is 0 Å². The van der Waals surface area contributed by atoms with Crippen LogP contribution in [0.1, 0.15) is 85.5 Å². The van der Waals surface area contributed by atoms with Crippen molar-refractivity contribution in [3.8, 4) is 16.9 Å². The number of aromatic nitrogens is 7. The highest BCUT2D eigenvalue weighted by Gasteiger charge is 2.36. The van der Waals surface area contributed by atoms with E-state index in [2.05, 4.69) is 54.6 Å². The van der Waals surface area contributed by atoms with Gasteiger partial charge < -0.3 is 24.9 Å². The molecule has 7 heterocycles. The van der Waals surface area contributed by atoms with E-state index in [1.807, 2.05) is 109 Å². The number of hydrogen-bond acceptors (Lipinski definition) is 11. The Bertz CT molecular complexity index is 2660. The highest BCUT2D eigenvalue weighted by molar-refractivity contribution is 5.99. The minimum absolute atomic E-state index is 0.0104. The lowest BCUT2D eigenvalue weighted by atomic mass is 9.90. The molecule has 2 N–H and O–H groups in total. The lowest BCUT2D eigenvalue weighted by Gasteiger charge is -2.40. The maximum atomic E-state index is 13.7. The van der Waals surface area contributed by atoms with Gasteiger partial charge in [0.25, 0.3) is 17.8 Å².